The molecule has 0 fully saturated rings. The van der Waals surface area contributed by atoms with Gasteiger partial charge in [-0.25, -0.2) is 4.90 Å². The SMILES string of the molecule is C=CCn1c2ccccc2c2c3c(c4c5ccccc5[nH]c4c21)C(=O)N(c1ccccc1)C3=O. The van der Waals surface area contributed by atoms with Gasteiger partial charge in [-0.15, -0.1) is 6.58 Å². The molecule has 6 aromatic rings. The number of carbonyl (C=O) groups is 2. The van der Waals surface area contributed by atoms with E-state index < -0.39 is 0 Å². The number of para-hydroxylation sites is 3. The topological polar surface area (TPSA) is 58.1 Å². The zero-order valence-electron chi connectivity index (χ0n) is 18.2. The number of fused-ring (bicyclic) bond motifs is 10. The first kappa shape index (κ1) is 18.9. The molecule has 1 N–H and O–H groups in total. The van der Waals surface area contributed by atoms with E-state index in [4.69, 9.17) is 0 Å². The van der Waals surface area contributed by atoms with Crippen LogP contribution in [-0.2, 0) is 6.54 Å². The van der Waals surface area contributed by atoms with Gasteiger partial charge < -0.3 is 9.55 Å². The van der Waals surface area contributed by atoms with Crippen molar-refractivity contribution < 1.29 is 9.59 Å². The lowest BCUT2D eigenvalue weighted by molar-refractivity contribution is 0.0927. The number of amides is 2. The second kappa shape index (κ2) is 6.68. The Morgan fingerprint density at radius 2 is 1.41 bits per heavy atom. The molecule has 0 aliphatic carbocycles. The van der Waals surface area contributed by atoms with Crippen LogP contribution in [0.25, 0.3) is 43.6 Å². The zero-order valence-corrected chi connectivity index (χ0v) is 18.2. The van der Waals surface area contributed by atoms with Gasteiger partial charge in [0.2, 0.25) is 0 Å². The molecule has 0 saturated carbocycles. The third kappa shape index (κ3) is 2.23. The van der Waals surface area contributed by atoms with Gasteiger partial charge in [-0.2, -0.15) is 0 Å². The Hall–Kier alpha value is -4.64. The highest BCUT2D eigenvalue weighted by Gasteiger charge is 2.42. The Labute approximate surface area is 194 Å². The van der Waals surface area contributed by atoms with Gasteiger partial charge in [0.25, 0.3) is 11.8 Å². The molecular weight excluding hydrogens is 422 g/mol. The van der Waals surface area contributed by atoms with Crippen LogP contribution in [0.1, 0.15) is 20.7 Å². The summed E-state index contributed by atoms with van der Waals surface area (Å²) in [7, 11) is 0. The molecule has 162 valence electrons. The summed E-state index contributed by atoms with van der Waals surface area (Å²) in [6.45, 7) is 4.54. The Morgan fingerprint density at radius 1 is 0.765 bits per heavy atom. The molecule has 2 amide bonds. The Kier molecular flexibility index (Phi) is 3.71. The lowest BCUT2D eigenvalue weighted by Crippen LogP contribution is -2.29. The average molecular weight is 441 g/mol. The standard InChI is InChI=1S/C29H19N3O2/c1-2-16-31-21-15-9-7-13-19(21)23-25-24(28(33)32(29(25)34)17-10-4-3-5-11-17)22-18-12-6-8-14-20(18)30-26(22)27(23)31/h2-15,30H,1,16H2. The van der Waals surface area contributed by atoms with E-state index in [-0.39, 0.29) is 11.8 Å². The van der Waals surface area contributed by atoms with E-state index in [0.717, 1.165) is 43.6 Å². The number of rotatable bonds is 3. The summed E-state index contributed by atoms with van der Waals surface area (Å²) < 4.78 is 2.18. The van der Waals surface area contributed by atoms with Gasteiger partial charge in [0, 0.05) is 39.1 Å². The van der Waals surface area contributed by atoms with Gasteiger partial charge in [-0.3, -0.25) is 9.59 Å². The fraction of sp³-hybridized carbons (Fsp3) is 0.0345. The summed E-state index contributed by atoms with van der Waals surface area (Å²) in [5.41, 5.74) is 5.23. The minimum Gasteiger partial charge on any atom is -0.353 e. The summed E-state index contributed by atoms with van der Waals surface area (Å²) in [6, 6.07) is 25.1. The molecule has 7 rings (SSSR count). The van der Waals surface area contributed by atoms with E-state index in [2.05, 4.69) is 22.2 Å². The van der Waals surface area contributed by atoms with Crippen LogP contribution >= 0.6 is 0 Å². The lowest BCUT2D eigenvalue weighted by Gasteiger charge is -2.13. The van der Waals surface area contributed by atoms with Crippen molar-refractivity contribution in [3.8, 4) is 0 Å². The second-order valence-electron chi connectivity index (χ2n) is 8.59. The predicted molar refractivity (Wildman–Crippen MR) is 137 cm³/mol. The summed E-state index contributed by atoms with van der Waals surface area (Å²) in [6.07, 6.45) is 1.86. The van der Waals surface area contributed by atoms with Crippen molar-refractivity contribution in [3.63, 3.8) is 0 Å². The number of aromatic nitrogens is 2. The fourth-order valence-corrected chi connectivity index (χ4v) is 5.52. The quantitative estimate of drug-likeness (QED) is 0.255. The molecule has 0 radical (unpaired) electrons. The minimum atomic E-state index is -0.289. The van der Waals surface area contributed by atoms with E-state index in [1.165, 1.54) is 4.90 Å². The summed E-state index contributed by atoms with van der Waals surface area (Å²) in [5, 5.41) is 3.49. The third-order valence-electron chi connectivity index (χ3n) is 6.82. The first-order valence-electron chi connectivity index (χ1n) is 11.2. The van der Waals surface area contributed by atoms with Crippen LogP contribution in [0, 0.1) is 0 Å². The van der Waals surface area contributed by atoms with Crippen LogP contribution < -0.4 is 4.90 Å². The van der Waals surface area contributed by atoms with Crippen molar-refractivity contribution in [3.05, 3.63) is 103 Å². The van der Waals surface area contributed by atoms with Crippen molar-refractivity contribution in [2.45, 2.75) is 6.54 Å². The molecule has 5 heteroatoms. The number of allylic oxidation sites excluding steroid dienone is 1. The van der Waals surface area contributed by atoms with Crippen molar-refractivity contribution >= 4 is 61.1 Å². The molecular formula is C29H19N3O2. The van der Waals surface area contributed by atoms with Gasteiger partial charge in [0.1, 0.15) is 0 Å². The smallest absolute Gasteiger partial charge is 0.266 e. The highest BCUT2D eigenvalue weighted by Crippen LogP contribution is 2.45. The van der Waals surface area contributed by atoms with Crippen LogP contribution in [0.4, 0.5) is 5.69 Å². The number of nitrogens with zero attached hydrogens (tertiary/aromatic N) is 2. The van der Waals surface area contributed by atoms with Gasteiger partial charge in [0.05, 0.1) is 27.8 Å². The van der Waals surface area contributed by atoms with Gasteiger partial charge in [0.15, 0.2) is 0 Å². The van der Waals surface area contributed by atoms with E-state index >= 15 is 0 Å². The first-order chi connectivity index (χ1) is 16.7. The molecule has 4 aromatic carbocycles. The number of imide groups is 1. The van der Waals surface area contributed by atoms with E-state index in [0.29, 0.717) is 23.4 Å². The van der Waals surface area contributed by atoms with Crippen LogP contribution in [0.15, 0.2) is 91.5 Å². The number of carbonyl (C=O) groups excluding carboxylic acids is 2. The van der Waals surface area contributed by atoms with E-state index in [1.807, 2.05) is 66.7 Å². The summed E-state index contributed by atoms with van der Waals surface area (Å²) >= 11 is 0. The molecule has 0 spiro atoms. The van der Waals surface area contributed by atoms with Crippen LogP contribution in [-0.4, -0.2) is 21.4 Å². The molecule has 1 aliphatic rings. The van der Waals surface area contributed by atoms with Crippen molar-refractivity contribution in [2.24, 2.45) is 0 Å². The van der Waals surface area contributed by atoms with Gasteiger partial charge >= 0.3 is 0 Å². The molecule has 0 bridgehead atoms. The molecule has 0 saturated heterocycles. The molecule has 0 unspecified atom stereocenters. The van der Waals surface area contributed by atoms with Crippen molar-refractivity contribution in [1.82, 2.24) is 9.55 Å². The Balaban J connectivity index is 1.75. The number of H-pyrrole nitrogens is 1. The van der Waals surface area contributed by atoms with Crippen molar-refractivity contribution in [1.29, 1.82) is 0 Å². The number of benzene rings is 4. The van der Waals surface area contributed by atoms with Crippen LogP contribution in [0.5, 0.6) is 0 Å². The number of anilines is 1. The molecule has 3 heterocycles. The van der Waals surface area contributed by atoms with Crippen LogP contribution in [0.3, 0.4) is 0 Å². The van der Waals surface area contributed by atoms with Gasteiger partial charge in [-0.05, 0) is 24.3 Å². The van der Waals surface area contributed by atoms with E-state index in [1.54, 1.807) is 12.1 Å². The molecule has 0 atom stereocenters. The predicted octanol–water partition coefficient (Wildman–Crippen LogP) is 6.42. The largest absolute Gasteiger partial charge is 0.353 e. The molecule has 5 nitrogen and oxygen atoms in total. The third-order valence-corrected chi connectivity index (χ3v) is 6.82. The summed E-state index contributed by atoms with van der Waals surface area (Å²) in [5.74, 6) is -0.576. The molecule has 34 heavy (non-hydrogen) atoms. The van der Waals surface area contributed by atoms with Crippen LogP contribution in [0.2, 0.25) is 0 Å². The lowest BCUT2D eigenvalue weighted by atomic mass is 9.97. The first-order valence-corrected chi connectivity index (χ1v) is 11.2. The maximum Gasteiger partial charge on any atom is 0.266 e. The number of hydrogen-bond donors (Lipinski definition) is 1. The maximum absolute atomic E-state index is 14.0. The maximum atomic E-state index is 14.0. The Morgan fingerprint density at radius 3 is 2.18 bits per heavy atom. The fourth-order valence-electron chi connectivity index (χ4n) is 5.52. The van der Waals surface area contributed by atoms with E-state index in [9.17, 15) is 9.59 Å². The van der Waals surface area contributed by atoms with Crippen molar-refractivity contribution in [2.75, 3.05) is 4.90 Å². The van der Waals surface area contributed by atoms with Gasteiger partial charge in [-0.1, -0.05) is 60.7 Å². The Bertz CT molecular complexity index is 1840. The normalized spacial score (nSPS) is 13.6. The highest BCUT2D eigenvalue weighted by molar-refractivity contribution is 6.45. The number of hydrogen-bond acceptors (Lipinski definition) is 2. The molecule has 2 aromatic heterocycles. The average Bonchev–Trinajstić information content (AvgIpc) is 3.48. The minimum absolute atomic E-state index is 0.287. The summed E-state index contributed by atoms with van der Waals surface area (Å²) in [4.78, 5) is 32.8. The zero-order chi connectivity index (χ0) is 23.0. The molecule has 1 aliphatic heterocycles. The number of nitrogens with one attached hydrogen (secondary N) is 1. The monoisotopic (exact) mass is 441 g/mol. The highest BCUT2D eigenvalue weighted by atomic mass is 16.2. The second-order valence-corrected chi connectivity index (χ2v) is 8.59. The number of aromatic amines is 1.